The Hall–Kier alpha value is -2.59. The van der Waals surface area contributed by atoms with Gasteiger partial charge in [-0.1, -0.05) is 72.8 Å². The Morgan fingerprint density at radius 3 is 2.36 bits per heavy atom. The summed E-state index contributed by atoms with van der Waals surface area (Å²) in [6.45, 7) is 0. The van der Waals surface area contributed by atoms with Gasteiger partial charge in [0.05, 0.1) is 5.97 Å². The van der Waals surface area contributed by atoms with Crippen molar-refractivity contribution in [2.45, 2.75) is 6.42 Å². The van der Waals surface area contributed by atoms with E-state index in [0.29, 0.717) is 6.42 Å². The molecule has 0 aliphatic carbocycles. The van der Waals surface area contributed by atoms with Crippen molar-refractivity contribution in [3.63, 3.8) is 0 Å². The first kappa shape index (κ1) is 21.7. The monoisotopic (exact) mass is 378 g/mol. The van der Waals surface area contributed by atoms with Gasteiger partial charge in [0, 0.05) is 0 Å². The van der Waals surface area contributed by atoms with Gasteiger partial charge in [0.1, 0.15) is 11.5 Å². The van der Waals surface area contributed by atoms with Gasteiger partial charge in [-0.05, 0) is 53.5 Å². The predicted octanol–water partition coefficient (Wildman–Crippen LogP) is 1.50. The minimum Gasteiger partial charge on any atom is -0.545 e. The largest absolute Gasteiger partial charge is 1.00 e. The van der Waals surface area contributed by atoms with Crippen LogP contribution in [0.3, 0.4) is 0 Å². The second-order valence-electron chi connectivity index (χ2n) is 5.95. The number of carboxylic acid groups (broad SMARTS) is 1. The van der Waals surface area contributed by atoms with E-state index in [2.05, 4.69) is 0 Å². The van der Waals surface area contributed by atoms with E-state index in [4.69, 9.17) is 4.74 Å². The third-order valence-electron chi connectivity index (χ3n) is 3.94. The Labute approximate surface area is 187 Å². The average Bonchev–Trinajstić information content (AvgIpc) is 2.68. The van der Waals surface area contributed by atoms with E-state index in [1.165, 1.54) is 0 Å². The number of hydrogen-bond acceptors (Lipinski definition) is 3. The number of allylic oxidation sites excluding steroid dienone is 1. The standard InChI is InChI=1S/C24H20O3.Na/c25-24(26)17-16-21-11-5-4-10-20(21)12-6-8-19-9-7-15-23(18-19)27-22-13-2-1-3-14-22;/h1-11,13-18H,12H2,(H,25,26);/q;+1/p-1/b8-6+,17-16+;. The first-order valence-electron chi connectivity index (χ1n) is 8.67. The molecule has 0 spiro atoms. The van der Waals surface area contributed by atoms with E-state index in [-0.39, 0.29) is 29.6 Å². The maximum absolute atomic E-state index is 10.6. The number of carbonyl (C=O) groups excluding carboxylic acids is 1. The van der Waals surface area contributed by atoms with Gasteiger partial charge in [0.15, 0.2) is 0 Å². The summed E-state index contributed by atoms with van der Waals surface area (Å²) in [5.41, 5.74) is 2.95. The molecule has 0 radical (unpaired) electrons. The molecule has 0 amide bonds. The van der Waals surface area contributed by atoms with Crippen molar-refractivity contribution in [1.29, 1.82) is 0 Å². The van der Waals surface area contributed by atoms with Crippen LogP contribution in [0.2, 0.25) is 0 Å². The number of ether oxygens (including phenoxy) is 1. The Kier molecular flexibility index (Phi) is 8.76. The summed E-state index contributed by atoms with van der Waals surface area (Å²) in [5.74, 6) is 0.378. The van der Waals surface area contributed by atoms with Crippen molar-refractivity contribution in [3.05, 3.63) is 108 Å². The van der Waals surface area contributed by atoms with Crippen LogP contribution in [0, 0.1) is 0 Å². The minimum absolute atomic E-state index is 0. The van der Waals surface area contributed by atoms with Crippen molar-refractivity contribution in [1.82, 2.24) is 0 Å². The quantitative estimate of drug-likeness (QED) is 0.463. The number of aliphatic carboxylic acids is 1. The predicted molar refractivity (Wildman–Crippen MR) is 106 cm³/mol. The molecular weight excluding hydrogens is 359 g/mol. The summed E-state index contributed by atoms with van der Waals surface area (Å²) >= 11 is 0. The average molecular weight is 378 g/mol. The van der Waals surface area contributed by atoms with Crippen LogP contribution in [-0.2, 0) is 11.2 Å². The molecule has 0 fully saturated rings. The Balaban J connectivity index is 0.00000280. The Bertz CT molecular complexity index is 962. The number of carbonyl (C=O) groups is 1. The van der Waals surface area contributed by atoms with Crippen LogP contribution >= 0.6 is 0 Å². The second kappa shape index (κ2) is 11.3. The molecule has 0 N–H and O–H groups in total. The van der Waals surface area contributed by atoms with Crippen LogP contribution in [0.25, 0.3) is 12.2 Å². The van der Waals surface area contributed by atoms with Gasteiger partial charge in [0.2, 0.25) is 0 Å². The molecule has 0 bridgehead atoms. The molecule has 0 saturated carbocycles. The summed E-state index contributed by atoms with van der Waals surface area (Å²) in [4.78, 5) is 10.6. The molecule has 134 valence electrons. The maximum atomic E-state index is 10.6. The van der Waals surface area contributed by atoms with E-state index >= 15 is 0 Å². The molecule has 0 aromatic heterocycles. The molecule has 0 saturated heterocycles. The molecule has 0 aliphatic heterocycles. The fourth-order valence-electron chi connectivity index (χ4n) is 2.67. The van der Waals surface area contributed by atoms with Gasteiger partial charge < -0.3 is 14.6 Å². The maximum Gasteiger partial charge on any atom is 1.00 e. The van der Waals surface area contributed by atoms with E-state index in [9.17, 15) is 9.90 Å². The molecule has 3 aromatic rings. The van der Waals surface area contributed by atoms with Crippen LogP contribution in [0.5, 0.6) is 11.5 Å². The number of carboxylic acids is 1. The third kappa shape index (κ3) is 6.86. The number of benzene rings is 3. The molecule has 3 aromatic carbocycles. The van der Waals surface area contributed by atoms with E-state index < -0.39 is 5.97 Å². The number of para-hydroxylation sites is 1. The van der Waals surface area contributed by atoms with Crippen molar-refractivity contribution in [2.24, 2.45) is 0 Å². The van der Waals surface area contributed by atoms with Crippen LogP contribution in [0.15, 0.2) is 91.0 Å². The third-order valence-corrected chi connectivity index (χ3v) is 3.94. The zero-order chi connectivity index (χ0) is 18.9. The first-order valence-corrected chi connectivity index (χ1v) is 8.67. The Morgan fingerprint density at radius 1 is 0.857 bits per heavy atom. The van der Waals surface area contributed by atoms with Gasteiger partial charge in [0.25, 0.3) is 0 Å². The van der Waals surface area contributed by atoms with Crippen LogP contribution in [0.4, 0.5) is 0 Å². The van der Waals surface area contributed by atoms with Crippen molar-refractivity contribution in [2.75, 3.05) is 0 Å². The molecular formula is C24H19NaO3. The molecule has 28 heavy (non-hydrogen) atoms. The van der Waals surface area contributed by atoms with Gasteiger partial charge in [-0.3, -0.25) is 0 Å². The summed E-state index contributed by atoms with van der Waals surface area (Å²) in [6.07, 6.45) is 7.38. The topological polar surface area (TPSA) is 49.4 Å². The first-order chi connectivity index (χ1) is 13.2. The van der Waals surface area contributed by atoms with Crippen molar-refractivity contribution < 1.29 is 44.2 Å². The SMILES string of the molecule is O=C([O-])/C=C/c1ccccc1C/C=C/c1cccc(Oc2ccccc2)c1.[Na+]. The fraction of sp³-hybridized carbons (Fsp3) is 0.0417. The molecule has 4 heteroatoms. The molecule has 0 aliphatic rings. The molecule has 3 rings (SSSR count). The van der Waals surface area contributed by atoms with Crippen LogP contribution in [0.1, 0.15) is 16.7 Å². The summed E-state index contributed by atoms with van der Waals surface area (Å²) in [6, 6.07) is 25.2. The molecule has 0 unspecified atom stereocenters. The second-order valence-corrected chi connectivity index (χ2v) is 5.95. The van der Waals surface area contributed by atoms with Crippen molar-refractivity contribution >= 4 is 18.1 Å². The zero-order valence-corrected chi connectivity index (χ0v) is 17.7. The number of rotatable bonds is 7. The smallest absolute Gasteiger partial charge is 0.545 e. The summed E-state index contributed by atoms with van der Waals surface area (Å²) in [7, 11) is 0. The Morgan fingerprint density at radius 2 is 1.57 bits per heavy atom. The normalized spacial score (nSPS) is 10.7. The van der Waals surface area contributed by atoms with Gasteiger partial charge >= 0.3 is 29.6 Å². The van der Waals surface area contributed by atoms with Crippen molar-refractivity contribution in [3.8, 4) is 11.5 Å². The number of hydrogen-bond donors (Lipinski definition) is 0. The zero-order valence-electron chi connectivity index (χ0n) is 15.7. The van der Waals surface area contributed by atoms with Gasteiger partial charge in [-0.2, -0.15) is 0 Å². The van der Waals surface area contributed by atoms with E-state index in [1.807, 2.05) is 91.0 Å². The van der Waals surface area contributed by atoms with Gasteiger partial charge in [-0.25, -0.2) is 0 Å². The van der Waals surface area contributed by atoms with Crippen LogP contribution in [-0.4, -0.2) is 5.97 Å². The van der Waals surface area contributed by atoms with E-state index in [0.717, 1.165) is 34.3 Å². The summed E-state index contributed by atoms with van der Waals surface area (Å²) < 4.78 is 5.85. The van der Waals surface area contributed by atoms with E-state index in [1.54, 1.807) is 6.08 Å². The molecule has 3 nitrogen and oxygen atoms in total. The fourth-order valence-corrected chi connectivity index (χ4v) is 2.67. The minimum atomic E-state index is -1.20. The summed E-state index contributed by atoms with van der Waals surface area (Å²) in [5, 5.41) is 10.6. The molecule has 0 heterocycles. The van der Waals surface area contributed by atoms with Crippen LogP contribution < -0.4 is 39.4 Å². The molecule has 0 atom stereocenters. The van der Waals surface area contributed by atoms with Gasteiger partial charge in [-0.15, -0.1) is 0 Å².